The van der Waals surface area contributed by atoms with Crippen LogP contribution in [-0.4, -0.2) is 52.8 Å². The van der Waals surface area contributed by atoms with Crippen LogP contribution in [0.25, 0.3) is 0 Å². The van der Waals surface area contributed by atoms with Crippen LogP contribution in [0, 0.1) is 5.92 Å². The van der Waals surface area contributed by atoms with Crippen molar-refractivity contribution in [2.75, 3.05) is 44.4 Å². The zero-order chi connectivity index (χ0) is 22.8. The Morgan fingerprint density at radius 1 is 0.909 bits per heavy atom. The molecule has 2 fully saturated rings. The number of para-hydroxylation sites is 1. The lowest BCUT2D eigenvalue weighted by molar-refractivity contribution is 0.173. The van der Waals surface area contributed by atoms with Crippen molar-refractivity contribution < 1.29 is 17.9 Å². The summed E-state index contributed by atoms with van der Waals surface area (Å²) in [6.07, 6.45) is 5.58. The SMILES string of the molecule is NS(=O)(=O)c1ccccc1C1CCC(CCN2CCN(c3cccc4c3OCO4)CC2)CC1. The normalized spacial score (nSPS) is 23.6. The molecule has 2 heterocycles. The molecule has 0 atom stereocenters. The fourth-order valence-electron chi connectivity index (χ4n) is 5.58. The van der Waals surface area contributed by atoms with Gasteiger partial charge in [0.15, 0.2) is 11.5 Å². The van der Waals surface area contributed by atoms with E-state index in [-0.39, 0.29) is 5.92 Å². The number of nitrogens with two attached hydrogens (primary N) is 1. The predicted octanol–water partition coefficient (Wildman–Crippen LogP) is 3.55. The van der Waals surface area contributed by atoms with Gasteiger partial charge < -0.3 is 14.4 Å². The lowest BCUT2D eigenvalue weighted by Gasteiger charge is -2.37. The Morgan fingerprint density at radius 3 is 2.42 bits per heavy atom. The molecule has 0 unspecified atom stereocenters. The number of ether oxygens (including phenoxy) is 2. The Morgan fingerprint density at radius 2 is 1.67 bits per heavy atom. The molecule has 0 radical (unpaired) electrons. The molecule has 0 bridgehead atoms. The molecule has 1 saturated heterocycles. The third kappa shape index (κ3) is 4.98. The number of hydrogen-bond acceptors (Lipinski definition) is 6. The maximum Gasteiger partial charge on any atom is 0.238 e. The van der Waals surface area contributed by atoms with Crippen molar-refractivity contribution in [2.24, 2.45) is 11.1 Å². The Labute approximate surface area is 196 Å². The molecule has 0 aromatic heterocycles. The highest BCUT2D eigenvalue weighted by molar-refractivity contribution is 7.89. The van der Waals surface area contributed by atoms with Crippen LogP contribution < -0.4 is 19.5 Å². The summed E-state index contributed by atoms with van der Waals surface area (Å²) in [7, 11) is -3.67. The topological polar surface area (TPSA) is 85.1 Å². The van der Waals surface area contributed by atoms with Gasteiger partial charge in [-0.3, -0.25) is 4.90 Å². The number of hydrogen-bond donors (Lipinski definition) is 1. The van der Waals surface area contributed by atoms with Gasteiger partial charge in [0.05, 0.1) is 10.6 Å². The summed E-state index contributed by atoms with van der Waals surface area (Å²) in [5, 5.41) is 5.45. The van der Waals surface area contributed by atoms with Gasteiger partial charge in [0.2, 0.25) is 16.8 Å². The molecule has 1 saturated carbocycles. The summed E-state index contributed by atoms with van der Waals surface area (Å²) in [5.41, 5.74) is 2.04. The molecule has 178 valence electrons. The molecule has 3 aliphatic rings. The van der Waals surface area contributed by atoms with Crippen molar-refractivity contribution in [3.63, 3.8) is 0 Å². The van der Waals surface area contributed by atoms with E-state index >= 15 is 0 Å². The van der Waals surface area contributed by atoms with E-state index in [1.165, 1.54) is 6.42 Å². The van der Waals surface area contributed by atoms with Crippen molar-refractivity contribution in [1.82, 2.24) is 4.90 Å². The number of benzene rings is 2. The molecule has 2 N–H and O–H groups in total. The van der Waals surface area contributed by atoms with E-state index in [1.807, 2.05) is 24.3 Å². The number of sulfonamides is 1. The van der Waals surface area contributed by atoms with E-state index in [0.29, 0.717) is 17.6 Å². The summed E-state index contributed by atoms with van der Waals surface area (Å²) >= 11 is 0. The van der Waals surface area contributed by atoms with E-state index < -0.39 is 10.0 Å². The first kappa shape index (κ1) is 22.5. The summed E-state index contributed by atoms with van der Waals surface area (Å²) in [5.74, 6) is 2.73. The van der Waals surface area contributed by atoms with Crippen LogP contribution >= 0.6 is 0 Å². The number of piperazine rings is 1. The molecule has 8 heteroatoms. The highest BCUT2D eigenvalue weighted by Gasteiger charge is 2.28. The van der Waals surface area contributed by atoms with Gasteiger partial charge >= 0.3 is 0 Å². The molecule has 2 aromatic carbocycles. The summed E-state index contributed by atoms with van der Waals surface area (Å²) in [6.45, 7) is 5.54. The molecule has 0 amide bonds. The first-order valence-corrected chi connectivity index (χ1v) is 13.5. The Bertz CT molecular complexity index is 1070. The van der Waals surface area contributed by atoms with Crippen LogP contribution in [0.15, 0.2) is 47.4 Å². The minimum absolute atomic E-state index is 0.290. The first-order chi connectivity index (χ1) is 16.0. The molecule has 2 aromatic rings. The second kappa shape index (κ2) is 9.52. The highest BCUT2D eigenvalue weighted by Crippen LogP contribution is 2.41. The van der Waals surface area contributed by atoms with E-state index in [0.717, 1.165) is 81.2 Å². The van der Waals surface area contributed by atoms with Crippen LogP contribution in [0.4, 0.5) is 5.69 Å². The van der Waals surface area contributed by atoms with Crippen molar-refractivity contribution in [1.29, 1.82) is 0 Å². The number of nitrogens with zero attached hydrogens (tertiary/aromatic N) is 2. The van der Waals surface area contributed by atoms with E-state index in [2.05, 4.69) is 15.9 Å². The molecule has 2 aliphatic heterocycles. The standard InChI is InChI=1S/C25H33N3O4S/c26-33(29,30)24-7-2-1-4-21(24)20-10-8-19(9-11-20)12-13-27-14-16-28(17-15-27)22-5-3-6-23-25(22)32-18-31-23/h1-7,19-20H,8-18H2,(H2,26,29,30). The lowest BCUT2D eigenvalue weighted by atomic mass is 9.77. The van der Waals surface area contributed by atoms with Crippen LogP contribution in [-0.2, 0) is 10.0 Å². The highest BCUT2D eigenvalue weighted by atomic mass is 32.2. The van der Waals surface area contributed by atoms with E-state index in [4.69, 9.17) is 14.6 Å². The Kier molecular flexibility index (Phi) is 6.49. The number of anilines is 1. The second-order valence-corrected chi connectivity index (χ2v) is 11.0. The number of primary sulfonamides is 1. The molecule has 0 spiro atoms. The molecular formula is C25H33N3O4S. The quantitative estimate of drug-likeness (QED) is 0.694. The molecule has 1 aliphatic carbocycles. The van der Waals surface area contributed by atoms with Gasteiger partial charge in [0, 0.05) is 26.2 Å². The van der Waals surface area contributed by atoms with Crippen LogP contribution in [0.2, 0.25) is 0 Å². The van der Waals surface area contributed by atoms with E-state index in [9.17, 15) is 8.42 Å². The van der Waals surface area contributed by atoms with Crippen LogP contribution in [0.1, 0.15) is 43.6 Å². The maximum atomic E-state index is 12.0. The molecule has 7 nitrogen and oxygen atoms in total. The van der Waals surface area contributed by atoms with Gasteiger partial charge in [-0.05, 0) is 74.2 Å². The van der Waals surface area contributed by atoms with Crippen LogP contribution in [0.3, 0.4) is 0 Å². The fourth-order valence-corrected chi connectivity index (χ4v) is 6.41. The molecule has 33 heavy (non-hydrogen) atoms. The van der Waals surface area contributed by atoms with Gasteiger partial charge in [0.1, 0.15) is 0 Å². The lowest BCUT2D eigenvalue weighted by Crippen LogP contribution is -2.47. The Balaban J connectivity index is 1.09. The third-order valence-corrected chi connectivity index (χ3v) is 8.44. The first-order valence-electron chi connectivity index (χ1n) is 12.0. The summed E-state index contributed by atoms with van der Waals surface area (Å²) in [6, 6.07) is 13.4. The number of fused-ring (bicyclic) bond motifs is 1. The van der Waals surface area contributed by atoms with E-state index in [1.54, 1.807) is 12.1 Å². The average Bonchev–Trinajstić information content (AvgIpc) is 3.32. The van der Waals surface area contributed by atoms with Crippen molar-refractivity contribution in [3.8, 4) is 11.5 Å². The van der Waals surface area contributed by atoms with Crippen molar-refractivity contribution >= 4 is 15.7 Å². The predicted molar refractivity (Wildman–Crippen MR) is 128 cm³/mol. The maximum absolute atomic E-state index is 12.0. The second-order valence-electron chi connectivity index (χ2n) is 9.43. The van der Waals surface area contributed by atoms with Gasteiger partial charge in [-0.2, -0.15) is 0 Å². The molecular weight excluding hydrogens is 438 g/mol. The zero-order valence-corrected chi connectivity index (χ0v) is 19.8. The third-order valence-electron chi connectivity index (χ3n) is 7.45. The van der Waals surface area contributed by atoms with Gasteiger partial charge in [-0.1, -0.05) is 24.3 Å². The summed E-state index contributed by atoms with van der Waals surface area (Å²) in [4.78, 5) is 5.27. The summed E-state index contributed by atoms with van der Waals surface area (Å²) < 4.78 is 35.1. The van der Waals surface area contributed by atoms with Crippen molar-refractivity contribution in [3.05, 3.63) is 48.0 Å². The van der Waals surface area contributed by atoms with Gasteiger partial charge in [-0.25, -0.2) is 13.6 Å². The smallest absolute Gasteiger partial charge is 0.238 e. The van der Waals surface area contributed by atoms with Crippen molar-refractivity contribution in [2.45, 2.75) is 42.9 Å². The zero-order valence-electron chi connectivity index (χ0n) is 19.0. The molecule has 5 rings (SSSR count). The van der Waals surface area contributed by atoms with Gasteiger partial charge in [-0.15, -0.1) is 0 Å². The Hall–Kier alpha value is -2.29. The minimum Gasteiger partial charge on any atom is -0.454 e. The monoisotopic (exact) mass is 471 g/mol. The largest absolute Gasteiger partial charge is 0.454 e. The fraction of sp³-hybridized carbons (Fsp3) is 0.520. The average molecular weight is 472 g/mol. The number of rotatable bonds is 6. The minimum atomic E-state index is -3.67. The van der Waals surface area contributed by atoms with Crippen LogP contribution in [0.5, 0.6) is 11.5 Å². The van der Waals surface area contributed by atoms with Gasteiger partial charge in [0.25, 0.3) is 0 Å².